The van der Waals surface area contributed by atoms with Crippen molar-refractivity contribution in [1.29, 1.82) is 0 Å². The number of nitrogens with two attached hydrogens (primary N) is 1. The second kappa shape index (κ2) is 5.18. The first-order valence-corrected chi connectivity index (χ1v) is 4.70. The molecule has 7 nitrogen and oxygen atoms in total. The molecule has 0 spiro atoms. The standard InChI is InChI=1S/C8H15N5O2/c1-5(2)11-6(14)3-4-10-8-13-12-7(9)15-8/h5H,3-4H2,1-2H3,(H2,9,12)(H,10,13)(H,11,14). The Morgan fingerprint density at radius 2 is 2.27 bits per heavy atom. The fourth-order valence-electron chi connectivity index (χ4n) is 0.983. The summed E-state index contributed by atoms with van der Waals surface area (Å²) in [5.74, 6) is -0.0232. The van der Waals surface area contributed by atoms with Crippen molar-refractivity contribution in [2.75, 3.05) is 17.6 Å². The minimum Gasteiger partial charge on any atom is -0.390 e. The SMILES string of the molecule is CC(C)NC(=O)CCNc1nnc(N)o1. The van der Waals surface area contributed by atoms with Crippen LogP contribution in [-0.4, -0.2) is 28.7 Å². The van der Waals surface area contributed by atoms with Crippen molar-refractivity contribution in [3.05, 3.63) is 0 Å². The Hall–Kier alpha value is -1.79. The zero-order valence-corrected chi connectivity index (χ0v) is 8.78. The molecule has 84 valence electrons. The molecule has 15 heavy (non-hydrogen) atoms. The van der Waals surface area contributed by atoms with Gasteiger partial charge in [0.1, 0.15) is 0 Å². The van der Waals surface area contributed by atoms with Crippen LogP contribution in [0.25, 0.3) is 0 Å². The highest BCUT2D eigenvalue weighted by atomic mass is 16.4. The first-order chi connectivity index (χ1) is 7.08. The van der Waals surface area contributed by atoms with Crippen LogP contribution in [0.1, 0.15) is 20.3 Å². The maximum atomic E-state index is 11.2. The third-order valence-corrected chi connectivity index (χ3v) is 1.52. The largest absolute Gasteiger partial charge is 0.390 e. The molecule has 0 radical (unpaired) electrons. The fourth-order valence-corrected chi connectivity index (χ4v) is 0.983. The van der Waals surface area contributed by atoms with E-state index in [2.05, 4.69) is 20.8 Å². The minimum atomic E-state index is -0.0232. The highest BCUT2D eigenvalue weighted by Gasteiger charge is 2.05. The Morgan fingerprint density at radius 1 is 1.53 bits per heavy atom. The summed E-state index contributed by atoms with van der Waals surface area (Å²) >= 11 is 0. The first-order valence-electron chi connectivity index (χ1n) is 4.70. The molecule has 0 saturated heterocycles. The average Bonchev–Trinajstić information content (AvgIpc) is 2.50. The van der Waals surface area contributed by atoms with Gasteiger partial charge < -0.3 is 20.8 Å². The molecule has 7 heteroatoms. The molecule has 0 aromatic carbocycles. The van der Waals surface area contributed by atoms with Crippen LogP contribution in [0, 0.1) is 0 Å². The molecule has 0 bridgehead atoms. The summed E-state index contributed by atoms with van der Waals surface area (Å²) in [5, 5.41) is 12.6. The second-order valence-corrected chi connectivity index (χ2v) is 3.34. The van der Waals surface area contributed by atoms with Crippen LogP contribution in [0.4, 0.5) is 12.0 Å². The molecule has 1 aromatic rings. The van der Waals surface area contributed by atoms with Crippen LogP contribution in [-0.2, 0) is 4.79 Å². The second-order valence-electron chi connectivity index (χ2n) is 3.34. The number of hydrogen-bond acceptors (Lipinski definition) is 6. The summed E-state index contributed by atoms with van der Waals surface area (Å²) in [5.41, 5.74) is 5.22. The van der Waals surface area contributed by atoms with Gasteiger partial charge in [-0.2, -0.15) is 0 Å². The van der Waals surface area contributed by atoms with Crippen molar-refractivity contribution in [2.45, 2.75) is 26.3 Å². The van der Waals surface area contributed by atoms with E-state index >= 15 is 0 Å². The molecule has 4 N–H and O–H groups in total. The van der Waals surface area contributed by atoms with Crippen molar-refractivity contribution in [2.24, 2.45) is 0 Å². The van der Waals surface area contributed by atoms with Crippen molar-refractivity contribution in [3.8, 4) is 0 Å². The van der Waals surface area contributed by atoms with Gasteiger partial charge in [-0.3, -0.25) is 4.79 Å². The predicted octanol–water partition coefficient (Wildman–Crippen LogP) is -0.0216. The predicted molar refractivity (Wildman–Crippen MR) is 55.1 cm³/mol. The molecule has 0 atom stereocenters. The molecular formula is C8H15N5O2. The zero-order valence-electron chi connectivity index (χ0n) is 8.78. The molecule has 0 saturated carbocycles. The number of aromatic nitrogens is 2. The number of carbonyl (C=O) groups is 1. The van der Waals surface area contributed by atoms with E-state index in [-0.39, 0.29) is 24.0 Å². The molecule has 0 aliphatic rings. The van der Waals surface area contributed by atoms with Gasteiger partial charge in [-0.15, -0.1) is 0 Å². The van der Waals surface area contributed by atoms with E-state index in [9.17, 15) is 4.79 Å². The maximum absolute atomic E-state index is 11.2. The molecule has 0 aliphatic heterocycles. The number of nitrogens with zero attached hydrogens (tertiary/aromatic N) is 2. The van der Waals surface area contributed by atoms with Gasteiger partial charge >= 0.3 is 12.0 Å². The summed E-state index contributed by atoms with van der Waals surface area (Å²) in [6.07, 6.45) is 0.348. The highest BCUT2D eigenvalue weighted by molar-refractivity contribution is 5.76. The van der Waals surface area contributed by atoms with Crippen LogP contribution < -0.4 is 16.4 Å². The quantitative estimate of drug-likeness (QED) is 0.634. The Bertz CT molecular complexity index is 323. The zero-order chi connectivity index (χ0) is 11.3. The Morgan fingerprint density at radius 3 is 2.80 bits per heavy atom. The van der Waals surface area contributed by atoms with Crippen molar-refractivity contribution >= 4 is 17.9 Å². The lowest BCUT2D eigenvalue weighted by atomic mass is 10.3. The van der Waals surface area contributed by atoms with Crippen LogP contribution in [0.15, 0.2) is 4.42 Å². The number of nitrogen functional groups attached to an aromatic ring is 1. The summed E-state index contributed by atoms with van der Waals surface area (Å²) in [6, 6.07) is 0.380. The summed E-state index contributed by atoms with van der Waals surface area (Å²) in [6.45, 7) is 4.24. The molecule has 1 amide bonds. The highest BCUT2D eigenvalue weighted by Crippen LogP contribution is 2.05. The Labute approximate surface area is 87.4 Å². The summed E-state index contributed by atoms with van der Waals surface area (Å²) in [4.78, 5) is 11.2. The van der Waals surface area contributed by atoms with E-state index < -0.39 is 0 Å². The average molecular weight is 213 g/mol. The maximum Gasteiger partial charge on any atom is 0.316 e. The topological polar surface area (TPSA) is 106 Å². The van der Waals surface area contributed by atoms with Gasteiger partial charge in [-0.05, 0) is 13.8 Å². The molecule has 1 rings (SSSR count). The number of anilines is 2. The normalized spacial score (nSPS) is 10.3. The lowest BCUT2D eigenvalue weighted by Gasteiger charge is -2.07. The number of carbonyl (C=O) groups excluding carboxylic acids is 1. The number of amides is 1. The number of hydrogen-bond donors (Lipinski definition) is 3. The van der Waals surface area contributed by atoms with Gasteiger partial charge in [0.2, 0.25) is 5.91 Å². The van der Waals surface area contributed by atoms with E-state index in [0.29, 0.717) is 13.0 Å². The van der Waals surface area contributed by atoms with Gasteiger partial charge in [0.15, 0.2) is 0 Å². The van der Waals surface area contributed by atoms with Crippen molar-refractivity contribution in [3.63, 3.8) is 0 Å². The van der Waals surface area contributed by atoms with Crippen LogP contribution in [0.2, 0.25) is 0 Å². The van der Waals surface area contributed by atoms with E-state index in [1.807, 2.05) is 13.8 Å². The number of rotatable bonds is 5. The van der Waals surface area contributed by atoms with Gasteiger partial charge in [0.25, 0.3) is 0 Å². The molecular weight excluding hydrogens is 198 g/mol. The van der Waals surface area contributed by atoms with E-state index in [1.54, 1.807) is 0 Å². The third-order valence-electron chi connectivity index (χ3n) is 1.52. The molecule has 0 aliphatic carbocycles. The monoisotopic (exact) mass is 213 g/mol. The van der Waals surface area contributed by atoms with Crippen LogP contribution in [0.5, 0.6) is 0 Å². The minimum absolute atomic E-state index is 0.00383. The van der Waals surface area contributed by atoms with Gasteiger partial charge in [-0.1, -0.05) is 10.2 Å². The van der Waals surface area contributed by atoms with Crippen molar-refractivity contribution < 1.29 is 9.21 Å². The fraction of sp³-hybridized carbons (Fsp3) is 0.625. The van der Waals surface area contributed by atoms with Crippen molar-refractivity contribution in [1.82, 2.24) is 15.5 Å². The molecule has 1 heterocycles. The Kier molecular flexibility index (Phi) is 3.90. The summed E-state index contributed by atoms with van der Waals surface area (Å²) < 4.78 is 4.86. The van der Waals surface area contributed by atoms with Crippen LogP contribution in [0.3, 0.4) is 0 Å². The third kappa shape index (κ3) is 4.30. The van der Waals surface area contributed by atoms with E-state index in [0.717, 1.165) is 0 Å². The first kappa shape index (κ1) is 11.3. The molecule has 1 aromatic heterocycles. The van der Waals surface area contributed by atoms with Gasteiger partial charge in [0.05, 0.1) is 0 Å². The Balaban J connectivity index is 2.19. The van der Waals surface area contributed by atoms with Crippen LogP contribution >= 0.6 is 0 Å². The van der Waals surface area contributed by atoms with E-state index in [4.69, 9.17) is 10.2 Å². The molecule has 0 fully saturated rings. The van der Waals surface area contributed by atoms with Gasteiger partial charge in [-0.25, -0.2) is 0 Å². The van der Waals surface area contributed by atoms with Gasteiger partial charge in [0, 0.05) is 19.0 Å². The molecule has 0 unspecified atom stereocenters. The lowest BCUT2D eigenvalue weighted by molar-refractivity contribution is -0.121. The summed E-state index contributed by atoms with van der Waals surface area (Å²) in [7, 11) is 0. The smallest absolute Gasteiger partial charge is 0.316 e. The lowest BCUT2D eigenvalue weighted by Crippen LogP contribution is -2.31. The number of nitrogens with one attached hydrogen (secondary N) is 2. The van der Waals surface area contributed by atoms with E-state index in [1.165, 1.54) is 0 Å².